The van der Waals surface area contributed by atoms with E-state index in [1.165, 1.54) is 29.4 Å². The van der Waals surface area contributed by atoms with Gasteiger partial charge in [0.05, 0.1) is 55.9 Å². The molecule has 0 aliphatic carbocycles. The first-order valence-electron chi connectivity index (χ1n) is 16.6. The number of methoxy groups -OCH3 is 1. The van der Waals surface area contributed by atoms with Crippen molar-refractivity contribution in [1.29, 1.82) is 0 Å². The minimum atomic E-state index is -4.32. The van der Waals surface area contributed by atoms with Gasteiger partial charge in [-0.3, -0.25) is 14.5 Å². The normalized spacial score (nSPS) is 20.2. The maximum atomic E-state index is 14.7. The molecule has 0 bridgehead atoms. The molecule has 0 spiro atoms. The van der Waals surface area contributed by atoms with Gasteiger partial charge in [-0.2, -0.15) is 17.8 Å². The van der Waals surface area contributed by atoms with Gasteiger partial charge in [0.15, 0.2) is 11.0 Å². The second-order valence-corrected chi connectivity index (χ2v) is 14.9. The first-order valence-corrected chi connectivity index (χ1v) is 18.2. The first-order chi connectivity index (χ1) is 24.3. The van der Waals surface area contributed by atoms with Crippen LogP contribution in [0.4, 0.5) is 18.9 Å². The van der Waals surface area contributed by atoms with Crippen LogP contribution in [0.2, 0.25) is 10.0 Å². The quantitative estimate of drug-likeness (QED) is 0.140. The average molecular weight is 767 g/mol. The highest BCUT2D eigenvalue weighted by atomic mass is 35.5. The van der Waals surface area contributed by atoms with Crippen LogP contribution in [-0.4, -0.2) is 94.4 Å². The summed E-state index contributed by atoms with van der Waals surface area (Å²) in [6, 6.07) is 10.3. The number of para-hydroxylation sites is 1. The Morgan fingerprint density at radius 1 is 1.10 bits per heavy atom. The van der Waals surface area contributed by atoms with Gasteiger partial charge < -0.3 is 14.6 Å². The fraction of sp³-hybridized carbons (Fsp3) is 0.429. The summed E-state index contributed by atoms with van der Waals surface area (Å²) in [6.45, 7) is 0.258. The van der Waals surface area contributed by atoms with E-state index in [0.29, 0.717) is 42.6 Å². The summed E-state index contributed by atoms with van der Waals surface area (Å²) >= 11 is 14.9. The number of alkyl halides is 3. The number of piperazine rings is 1. The second kappa shape index (κ2) is 15.2. The van der Waals surface area contributed by atoms with Crippen molar-refractivity contribution in [2.24, 2.45) is 7.05 Å². The Labute approximate surface area is 307 Å². The molecule has 272 valence electrons. The predicted octanol–water partition coefficient (Wildman–Crippen LogP) is 6.82. The number of benzene rings is 2. The maximum Gasteiger partial charge on any atom is 0.401 e. The van der Waals surface area contributed by atoms with Crippen molar-refractivity contribution < 1.29 is 36.9 Å². The van der Waals surface area contributed by atoms with Crippen LogP contribution in [0.3, 0.4) is 0 Å². The van der Waals surface area contributed by atoms with Gasteiger partial charge in [0.25, 0.3) is 5.91 Å². The van der Waals surface area contributed by atoms with E-state index in [1.54, 1.807) is 18.5 Å². The molecular weight excluding hydrogens is 728 g/mol. The molecule has 2 atom stereocenters. The SMILES string of the molecule is COC(=O)CCc1cnc([C@@H]2CCC[N+]2(C(=O)Cc2cc(Cl)c(NC(=O)c3cn(C)c4ccccc34)cc2Cl)N2CCN(CC(F)(F)F)CC2)s1. The van der Waals surface area contributed by atoms with Crippen LogP contribution in [0.1, 0.15) is 51.1 Å². The number of fused-ring (bicyclic) bond motifs is 1. The van der Waals surface area contributed by atoms with E-state index in [1.807, 2.05) is 40.9 Å². The maximum absolute atomic E-state index is 14.7. The Hall–Kier alpha value is -3.53. The smallest absolute Gasteiger partial charge is 0.401 e. The number of rotatable bonds is 10. The van der Waals surface area contributed by atoms with E-state index in [0.717, 1.165) is 20.8 Å². The number of hydrogen-bond donors (Lipinski definition) is 1. The number of anilines is 1. The lowest BCUT2D eigenvalue weighted by Crippen LogP contribution is -2.67. The zero-order valence-corrected chi connectivity index (χ0v) is 30.5. The predicted molar refractivity (Wildman–Crippen MR) is 190 cm³/mol. The van der Waals surface area contributed by atoms with Gasteiger partial charge >= 0.3 is 18.1 Å². The van der Waals surface area contributed by atoms with Gasteiger partial charge in [0.2, 0.25) is 0 Å². The third kappa shape index (κ3) is 7.96. The molecule has 2 amide bonds. The fourth-order valence-electron chi connectivity index (χ4n) is 7.25. The number of nitrogens with zero attached hydrogens (tertiary/aromatic N) is 5. The molecule has 10 nitrogen and oxygen atoms in total. The molecule has 2 aromatic carbocycles. The molecule has 16 heteroatoms. The Morgan fingerprint density at radius 3 is 2.57 bits per heavy atom. The highest BCUT2D eigenvalue weighted by Crippen LogP contribution is 2.44. The van der Waals surface area contributed by atoms with Crippen LogP contribution in [0.25, 0.3) is 10.9 Å². The molecule has 2 aliphatic rings. The Morgan fingerprint density at radius 2 is 1.84 bits per heavy atom. The summed E-state index contributed by atoms with van der Waals surface area (Å²) in [4.78, 5) is 46.7. The molecule has 1 N–H and O–H groups in total. The molecule has 1 unspecified atom stereocenters. The Bertz CT molecular complexity index is 1940. The number of hydrogen-bond acceptors (Lipinski definition) is 8. The van der Waals surface area contributed by atoms with Crippen LogP contribution < -0.4 is 5.32 Å². The number of esters is 1. The molecule has 51 heavy (non-hydrogen) atoms. The molecule has 0 saturated carbocycles. The Balaban J connectivity index is 1.26. The van der Waals surface area contributed by atoms with Crippen LogP contribution in [0.5, 0.6) is 0 Å². The molecule has 4 aromatic rings. The van der Waals surface area contributed by atoms with Crippen LogP contribution in [0, 0.1) is 0 Å². The summed E-state index contributed by atoms with van der Waals surface area (Å²) in [7, 11) is 3.19. The number of aromatic nitrogens is 2. The molecular formula is C35H38Cl2F3N6O4S+. The summed E-state index contributed by atoms with van der Waals surface area (Å²) < 4.78 is 46.2. The molecule has 0 radical (unpaired) electrons. The zero-order chi connectivity index (χ0) is 36.5. The lowest BCUT2D eigenvalue weighted by atomic mass is 10.1. The third-order valence-electron chi connectivity index (χ3n) is 9.71. The number of likely N-dealkylation sites (tertiary alicyclic amines) is 1. The van der Waals surface area contributed by atoms with E-state index < -0.39 is 12.7 Å². The number of amides is 2. The summed E-state index contributed by atoms with van der Waals surface area (Å²) in [5.41, 5.74) is 2.13. The molecule has 2 fully saturated rings. The van der Waals surface area contributed by atoms with Gasteiger partial charge in [-0.05, 0) is 30.2 Å². The van der Waals surface area contributed by atoms with Crippen LogP contribution >= 0.6 is 34.5 Å². The summed E-state index contributed by atoms with van der Waals surface area (Å²) in [5.74, 6) is -0.881. The van der Waals surface area contributed by atoms with Crippen molar-refractivity contribution in [2.45, 2.75) is 44.3 Å². The van der Waals surface area contributed by atoms with Crippen molar-refractivity contribution in [3.8, 4) is 0 Å². The van der Waals surface area contributed by atoms with Gasteiger partial charge in [-0.1, -0.05) is 41.4 Å². The Kier molecular flexibility index (Phi) is 11.1. The van der Waals surface area contributed by atoms with E-state index in [2.05, 4.69) is 10.3 Å². The topological polar surface area (TPSA) is 96.8 Å². The van der Waals surface area contributed by atoms with Crippen LogP contribution in [-0.2, 0) is 34.2 Å². The molecule has 2 saturated heterocycles. The summed E-state index contributed by atoms with van der Waals surface area (Å²) in [5, 5.41) is 6.80. The highest BCUT2D eigenvalue weighted by molar-refractivity contribution is 7.11. The lowest BCUT2D eigenvalue weighted by molar-refractivity contribution is -0.985. The van der Waals surface area contributed by atoms with Crippen molar-refractivity contribution in [3.05, 3.63) is 79.8 Å². The minimum Gasteiger partial charge on any atom is -0.469 e. The molecule has 2 aliphatic heterocycles. The number of aryl methyl sites for hydroxylation is 2. The number of halogens is 5. The van der Waals surface area contributed by atoms with Gasteiger partial charge in [-0.15, -0.1) is 16.3 Å². The number of carbonyl (C=O) groups is 3. The van der Waals surface area contributed by atoms with E-state index in [9.17, 15) is 27.6 Å². The standard InChI is InChI=1S/C35H37Cl2F3N6O4S/c1-43-20-25(24-6-3-4-7-29(24)43)33(49)42-28-18-26(36)22(16-27(28)37)17-31(47)46(45-13-11-44(12-14-45)21-35(38,39)40)15-5-8-30(46)34-41-19-23(51-34)9-10-32(48)50-2/h3-4,6-7,16,18-20,30H,5,8-15,17,21H2,1-2H3/p+1/t30-,46?/m0/s1. The lowest BCUT2D eigenvalue weighted by Gasteiger charge is -2.47. The third-order valence-corrected chi connectivity index (χ3v) is 11.5. The second-order valence-electron chi connectivity index (χ2n) is 12.9. The molecule has 4 heterocycles. The van der Waals surface area contributed by atoms with Gasteiger partial charge in [0.1, 0.15) is 6.54 Å². The largest absolute Gasteiger partial charge is 0.469 e. The van der Waals surface area contributed by atoms with Crippen molar-refractivity contribution in [2.75, 3.05) is 51.7 Å². The average Bonchev–Trinajstić information content (AvgIpc) is 3.83. The number of ether oxygens (including phenoxy) is 1. The molecule has 2 aromatic heterocycles. The van der Waals surface area contributed by atoms with Crippen LogP contribution in [0.15, 0.2) is 48.8 Å². The number of thiazole rings is 1. The minimum absolute atomic E-state index is 0.0999. The van der Waals surface area contributed by atoms with Gasteiger partial charge in [-0.25, -0.2) is 9.78 Å². The number of quaternary nitrogens is 1. The van der Waals surface area contributed by atoms with E-state index >= 15 is 0 Å². The van der Waals surface area contributed by atoms with Crippen molar-refractivity contribution >= 4 is 68.9 Å². The monoisotopic (exact) mass is 765 g/mol. The van der Waals surface area contributed by atoms with E-state index in [4.69, 9.17) is 27.9 Å². The zero-order valence-electron chi connectivity index (χ0n) is 28.1. The highest BCUT2D eigenvalue weighted by Gasteiger charge is 2.55. The van der Waals surface area contributed by atoms with Gasteiger partial charge in [0, 0.05) is 66.2 Å². The van der Waals surface area contributed by atoms with E-state index in [-0.39, 0.29) is 77.5 Å². The summed E-state index contributed by atoms with van der Waals surface area (Å²) in [6.07, 6.45) is 1.01. The van der Waals surface area contributed by atoms with Crippen molar-refractivity contribution in [3.63, 3.8) is 0 Å². The van der Waals surface area contributed by atoms with Crippen molar-refractivity contribution in [1.82, 2.24) is 19.5 Å². The first kappa shape index (κ1) is 37.2. The fourth-order valence-corrected chi connectivity index (χ4v) is 8.83. The number of carbonyl (C=O) groups excluding carboxylic acids is 3. The molecule has 6 rings (SSSR count). The number of nitrogens with one attached hydrogen (secondary N) is 1.